The Hall–Kier alpha value is -1.78. The summed E-state index contributed by atoms with van der Waals surface area (Å²) >= 11 is 0. The third-order valence-corrected chi connectivity index (χ3v) is 1.89. The third-order valence-electron chi connectivity index (χ3n) is 1.89. The first-order chi connectivity index (χ1) is 7.15. The SMILES string of the molecule is CCCCOc1ccc(O)cc1[N+](=O)[O-]. The number of nitro groups is 1. The molecule has 0 radical (unpaired) electrons. The topological polar surface area (TPSA) is 72.6 Å². The van der Waals surface area contributed by atoms with Gasteiger partial charge in [-0.05, 0) is 18.6 Å². The predicted octanol–water partition coefficient (Wildman–Crippen LogP) is 2.48. The molecule has 0 fully saturated rings. The lowest BCUT2D eigenvalue weighted by atomic mass is 10.3. The third kappa shape index (κ3) is 3.12. The van der Waals surface area contributed by atoms with Gasteiger partial charge in [-0.15, -0.1) is 0 Å². The van der Waals surface area contributed by atoms with Crippen molar-refractivity contribution in [2.24, 2.45) is 0 Å². The number of nitrogens with zero attached hydrogens (tertiary/aromatic N) is 1. The second-order valence-electron chi connectivity index (χ2n) is 3.11. The number of unbranched alkanes of at least 4 members (excludes halogenated alkanes) is 1. The van der Waals surface area contributed by atoms with Gasteiger partial charge in [-0.1, -0.05) is 13.3 Å². The smallest absolute Gasteiger partial charge is 0.314 e. The van der Waals surface area contributed by atoms with Crippen molar-refractivity contribution >= 4 is 5.69 Å². The summed E-state index contributed by atoms with van der Waals surface area (Å²) in [6.07, 6.45) is 1.81. The van der Waals surface area contributed by atoms with Crippen molar-refractivity contribution in [3.8, 4) is 11.5 Å². The lowest BCUT2D eigenvalue weighted by Crippen LogP contribution is -1.99. The highest BCUT2D eigenvalue weighted by Gasteiger charge is 2.15. The summed E-state index contributed by atoms with van der Waals surface area (Å²) in [7, 11) is 0. The quantitative estimate of drug-likeness (QED) is 0.461. The zero-order chi connectivity index (χ0) is 11.3. The van der Waals surface area contributed by atoms with Crippen LogP contribution in [0.4, 0.5) is 5.69 Å². The molecule has 0 heterocycles. The number of hydrogen-bond acceptors (Lipinski definition) is 4. The van der Waals surface area contributed by atoms with E-state index in [0.29, 0.717) is 6.61 Å². The molecule has 0 aliphatic heterocycles. The van der Waals surface area contributed by atoms with Crippen LogP contribution in [0.5, 0.6) is 11.5 Å². The fourth-order valence-corrected chi connectivity index (χ4v) is 1.10. The fraction of sp³-hybridized carbons (Fsp3) is 0.400. The summed E-state index contributed by atoms with van der Waals surface area (Å²) in [6.45, 7) is 2.46. The van der Waals surface area contributed by atoms with E-state index >= 15 is 0 Å². The molecule has 0 saturated heterocycles. The van der Waals surface area contributed by atoms with Crippen molar-refractivity contribution in [2.75, 3.05) is 6.61 Å². The maximum atomic E-state index is 10.6. The Morgan fingerprint density at radius 1 is 1.53 bits per heavy atom. The van der Waals surface area contributed by atoms with Crippen LogP contribution >= 0.6 is 0 Å². The molecule has 0 unspecified atom stereocenters. The van der Waals surface area contributed by atoms with Crippen molar-refractivity contribution in [1.29, 1.82) is 0 Å². The molecule has 1 rings (SSSR count). The van der Waals surface area contributed by atoms with Gasteiger partial charge in [0.25, 0.3) is 0 Å². The molecular formula is C10H13NO4. The molecule has 0 atom stereocenters. The Morgan fingerprint density at radius 3 is 2.87 bits per heavy atom. The largest absolute Gasteiger partial charge is 0.508 e. The summed E-state index contributed by atoms with van der Waals surface area (Å²) in [6, 6.07) is 3.86. The van der Waals surface area contributed by atoms with Crippen LogP contribution in [0.3, 0.4) is 0 Å². The lowest BCUT2D eigenvalue weighted by Gasteiger charge is -2.05. The normalized spacial score (nSPS) is 9.93. The van der Waals surface area contributed by atoms with E-state index in [1.165, 1.54) is 12.1 Å². The van der Waals surface area contributed by atoms with Crippen LogP contribution in [0.2, 0.25) is 0 Å². The summed E-state index contributed by atoms with van der Waals surface area (Å²) in [4.78, 5) is 10.1. The van der Waals surface area contributed by atoms with Gasteiger partial charge in [-0.25, -0.2) is 0 Å². The number of hydrogen-bond donors (Lipinski definition) is 1. The fourth-order valence-electron chi connectivity index (χ4n) is 1.10. The van der Waals surface area contributed by atoms with E-state index in [-0.39, 0.29) is 17.2 Å². The molecule has 15 heavy (non-hydrogen) atoms. The van der Waals surface area contributed by atoms with Crippen LogP contribution in [0, 0.1) is 10.1 Å². The minimum atomic E-state index is -0.568. The minimum absolute atomic E-state index is 0.135. The molecule has 1 aromatic carbocycles. The predicted molar refractivity (Wildman–Crippen MR) is 55.2 cm³/mol. The maximum absolute atomic E-state index is 10.6. The zero-order valence-electron chi connectivity index (χ0n) is 8.47. The number of nitro benzene ring substituents is 1. The standard InChI is InChI=1S/C10H13NO4/c1-2-3-6-15-10-5-4-8(12)7-9(10)11(13)14/h4-5,7,12H,2-3,6H2,1H3. The molecule has 0 amide bonds. The summed E-state index contributed by atoms with van der Waals surface area (Å²) in [5.41, 5.74) is -0.203. The van der Waals surface area contributed by atoms with Gasteiger partial charge < -0.3 is 9.84 Å². The minimum Gasteiger partial charge on any atom is -0.508 e. The number of phenols is 1. The number of aromatic hydroxyl groups is 1. The van der Waals surface area contributed by atoms with Crippen LogP contribution in [0.15, 0.2) is 18.2 Å². The molecule has 1 aromatic rings. The van der Waals surface area contributed by atoms with Crippen LogP contribution in [-0.2, 0) is 0 Å². The van der Waals surface area contributed by atoms with Gasteiger partial charge in [-0.3, -0.25) is 10.1 Å². The highest BCUT2D eigenvalue weighted by molar-refractivity contribution is 5.50. The molecule has 0 bridgehead atoms. The molecule has 0 spiro atoms. The Labute approximate surface area is 87.5 Å². The van der Waals surface area contributed by atoms with Gasteiger partial charge in [0.1, 0.15) is 5.75 Å². The number of rotatable bonds is 5. The first kappa shape index (κ1) is 11.3. The van der Waals surface area contributed by atoms with Gasteiger partial charge in [0.2, 0.25) is 0 Å². The van der Waals surface area contributed by atoms with Crippen molar-refractivity contribution in [3.63, 3.8) is 0 Å². The highest BCUT2D eigenvalue weighted by Crippen LogP contribution is 2.30. The highest BCUT2D eigenvalue weighted by atomic mass is 16.6. The number of phenolic OH excluding ortho intramolecular Hbond substituents is 1. The van der Waals surface area contributed by atoms with E-state index < -0.39 is 4.92 Å². The van der Waals surface area contributed by atoms with Crippen molar-refractivity contribution < 1.29 is 14.8 Å². The second-order valence-corrected chi connectivity index (χ2v) is 3.11. The molecule has 0 aromatic heterocycles. The van der Waals surface area contributed by atoms with E-state index in [1.54, 1.807) is 0 Å². The summed E-state index contributed by atoms with van der Waals surface area (Å²) < 4.78 is 5.24. The Kier molecular flexibility index (Phi) is 3.91. The van der Waals surface area contributed by atoms with E-state index in [1.807, 2.05) is 6.92 Å². The molecule has 5 heteroatoms. The number of ether oxygens (including phenoxy) is 1. The van der Waals surface area contributed by atoms with Crippen LogP contribution in [0.1, 0.15) is 19.8 Å². The van der Waals surface area contributed by atoms with Crippen LogP contribution in [0.25, 0.3) is 0 Å². The molecule has 0 saturated carbocycles. The first-order valence-corrected chi connectivity index (χ1v) is 4.75. The van der Waals surface area contributed by atoms with Crippen molar-refractivity contribution in [2.45, 2.75) is 19.8 Å². The van der Waals surface area contributed by atoms with Crippen molar-refractivity contribution in [3.05, 3.63) is 28.3 Å². The summed E-state index contributed by atoms with van der Waals surface area (Å²) in [5.74, 6) is 0.0655. The Bertz CT molecular complexity index is 351. The van der Waals surface area contributed by atoms with Gasteiger partial charge in [0, 0.05) is 0 Å². The van der Waals surface area contributed by atoms with Gasteiger partial charge in [0.05, 0.1) is 17.6 Å². The van der Waals surface area contributed by atoms with E-state index in [2.05, 4.69) is 0 Å². The Morgan fingerprint density at radius 2 is 2.27 bits per heavy atom. The molecule has 82 valence electrons. The van der Waals surface area contributed by atoms with E-state index in [0.717, 1.165) is 18.9 Å². The summed E-state index contributed by atoms with van der Waals surface area (Å²) in [5, 5.41) is 19.7. The number of benzene rings is 1. The van der Waals surface area contributed by atoms with E-state index in [9.17, 15) is 10.1 Å². The average Bonchev–Trinajstić information content (AvgIpc) is 2.20. The van der Waals surface area contributed by atoms with Crippen LogP contribution in [-0.4, -0.2) is 16.6 Å². The van der Waals surface area contributed by atoms with E-state index in [4.69, 9.17) is 9.84 Å². The molecule has 0 aliphatic rings. The Balaban J connectivity index is 2.81. The molecule has 0 aliphatic carbocycles. The molecule has 1 N–H and O–H groups in total. The maximum Gasteiger partial charge on any atom is 0.314 e. The lowest BCUT2D eigenvalue weighted by molar-refractivity contribution is -0.385. The van der Waals surface area contributed by atoms with Gasteiger partial charge in [-0.2, -0.15) is 0 Å². The monoisotopic (exact) mass is 211 g/mol. The van der Waals surface area contributed by atoms with Crippen LogP contribution < -0.4 is 4.74 Å². The average molecular weight is 211 g/mol. The zero-order valence-corrected chi connectivity index (χ0v) is 8.47. The van der Waals surface area contributed by atoms with Gasteiger partial charge >= 0.3 is 5.69 Å². The second kappa shape index (κ2) is 5.19. The molecular weight excluding hydrogens is 198 g/mol. The van der Waals surface area contributed by atoms with Gasteiger partial charge in [0.15, 0.2) is 5.75 Å². The first-order valence-electron chi connectivity index (χ1n) is 4.75. The van der Waals surface area contributed by atoms with Crippen molar-refractivity contribution in [1.82, 2.24) is 0 Å². The molecule has 5 nitrogen and oxygen atoms in total.